The lowest BCUT2D eigenvalue weighted by Gasteiger charge is -2.17. The molecule has 0 bridgehead atoms. The third-order valence-corrected chi connectivity index (χ3v) is 6.43. The first-order valence-electron chi connectivity index (χ1n) is 12.4. The van der Waals surface area contributed by atoms with E-state index in [-0.39, 0.29) is 18.3 Å². The van der Waals surface area contributed by atoms with Crippen molar-refractivity contribution in [1.29, 1.82) is 0 Å². The van der Waals surface area contributed by atoms with Gasteiger partial charge in [-0.05, 0) is 73.6 Å². The Balaban J connectivity index is 1.44. The zero-order valence-corrected chi connectivity index (χ0v) is 20.5. The van der Waals surface area contributed by atoms with Crippen LogP contribution in [0.4, 0.5) is 8.78 Å². The molecule has 1 aliphatic carbocycles. The lowest BCUT2D eigenvalue weighted by Crippen LogP contribution is -2.29. The fourth-order valence-corrected chi connectivity index (χ4v) is 4.29. The Bertz CT molecular complexity index is 1410. The van der Waals surface area contributed by atoms with Gasteiger partial charge in [-0.25, -0.2) is 9.50 Å². The number of hydrogen-bond donors (Lipinski definition) is 1. The van der Waals surface area contributed by atoms with Crippen LogP contribution >= 0.6 is 0 Å². The average Bonchev–Trinajstić information content (AvgIpc) is 3.62. The van der Waals surface area contributed by atoms with Gasteiger partial charge in [-0.1, -0.05) is 25.5 Å². The minimum Gasteiger partial charge on any atom is -0.409 e. The number of unbranched alkanes of at least 4 members (excludes halogenated alkanes) is 1. The summed E-state index contributed by atoms with van der Waals surface area (Å²) >= 11 is 0. The summed E-state index contributed by atoms with van der Waals surface area (Å²) in [6.07, 6.45) is 2.40. The molecule has 2 heterocycles. The molecule has 4 aromatic rings. The quantitative estimate of drug-likeness (QED) is 0.257. The highest BCUT2D eigenvalue weighted by atomic mass is 19.3. The van der Waals surface area contributed by atoms with E-state index in [0.717, 1.165) is 48.1 Å². The number of carbonyl (C=O) groups excluding carboxylic acids is 1. The minimum absolute atomic E-state index is 0.000154. The molecular weight excluding hydrogens is 478 g/mol. The monoisotopic (exact) mass is 506 g/mol. The number of halogens is 2. The number of rotatable bonds is 11. The van der Waals surface area contributed by atoms with Crippen LogP contribution in [0.3, 0.4) is 0 Å². The third-order valence-electron chi connectivity index (χ3n) is 6.43. The van der Waals surface area contributed by atoms with Gasteiger partial charge < -0.3 is 10.5 Å². The van der Waals surface area contributed by atoms with Crippen molar-refractivity contribution in [2.45, 2.75) is 45.3 Å². The molecule has 0 unspecified atom stereocenters. The predicted octanol–water partition coefficient (Wildman–Crippen LogP) is 5.86. The van der Waals surface area contributed by atoms with Gasteiger partial charge in [0.25, 0.3) is 0 Å². The third kappa shape index (κ3) is 5.61. The molecule has 9 heteroatoms. The van der Waals surface area contributed by atoms with Crippen molar-refractivity contribution in [3.63, 3.8) is 0 Å². The van der Waals surface area contributed by atoms with Crippen molar-refractivity contribution in [3.05, 3.63) is 71.9 Å². The Kier molecular flexibility index (Phi) is 6.88. The fourth-order valence-electron chi connectivity index (χ4n) is 4.29. The number of ether oxygens (including phenoxy) is 2. The molecule has 0 saturated heterocycles. The summed E-state index contributed by atoms with van der Waals surface area (Å²) in [6, 6.07) is 15.4. The highest BCUT2D eigenvalue weighted by molar-refractivity contribution is 5.96. The number of carbonyl (C=O) groups is 1. The summed E-state index contributed by atoms with van der Waals surface area (Å²) in [4.78, 5) is 16.5. The molecule has 7 nitrogen and oxygen atoms in total. The Labute approximate surface area is 213 Å². The molecule has 1 amide bonds. The summed E-state index contributed by atoms with van der Waals surface area (Å²) < 4.78 is 39.1. The van der Waals surface area contributed by atoms with Crippen LogP contribution in [0.2, 0.25) is 0 Å². The van der Waals surface area contributed by atoms with Crippen LogP contribution in [-0.4, -0.2) is 33.4 Å². The molecule has 0 spiro atoms. The molecule has 1 saturated carbocycles. The topological polar surface area (TPSA) is 91.7 Å². The Hall–Kier alpha value is -3.85. The van der Waals surface area contributed by atoms with Crippen LogP contribution in [-0.2, 0) is 11.2 Å². The predicted molar refractivity (Wildman–Crippen MR) is 135 cm³/mol. The highest BCUT2D eigenvalue weighted by Gasteiger charge is 2.36. The number of alkyl halides is 2. The summed E-state index contributed by atoms with van der Waals surface area (Å²) in [5.41, 5.74) is 10.6. The molecule has 5 rings (SSSR count). The van der Waals surface area contributed by atoms with Gasteiger partial charge in [0.1, 0.15) is 5.75 Å². The molecule has 2 aromatic heterocycles. The number of nitrogens with two attached hydrogens (primary N) is 1. The van der Waals surface area contributed by atoms with Gasteiger partial charge >= 0.3 is 6.29 Å². The van der Waals surface area contributed by atoms with Crippen LogP contribution in [0.25, 0.3) is 28.2 Å². The summed E-state index contributed by atoms with van der Waals surface area (Å²) in [7, 11) is 0. The van der Waals surface area contributed by atoms with Crippen molar-refractivity contribution < 1.29 is 23.0 Å². The summed E-state index contributed by atoms with van der Waals surface area (Å²) in [6.45, 7) is 2.08. The molecule has 0 atom stereocenters. The molecule has 0 aliphatic heterocycles. The summed E-state index contributed by atoms with van der Waals surface area (Å²) in [5, 5.41) is 4.79. The van der Waals surface area contributed by atoms with E-state index in [4.69, 9.17) is 15.6 Å². The van der Waals surface area contributed by atoms with E-state index in [9.17, 15) is 13.6 Å². The molecule has 1 fully saturated rings. The SMILES string of the molecule is CCCCc1c(C(N)=O)cccc1-c1cc2nccc(-c3ccc(OC(F)(F)OCC4CC4)cc3)n2n1. The smallest absolute Gasteiger partial charge is 0.409 e. The van der Waals surface area contributed by atoms with Gasteiger partial charge in [0.15, 0.2) is 5.65 Å². The highest BCUT2D eigenvalue weighted by Crippen LogP contribution is 2.33. The van der Waals surface area contributed by atoms with Gasteiger partial charge in [0, 0.05) is 29.0 Å². The first-order chi connectivity index (χ1) is 17.8. The standard InChI is InChI=1S/C28H28F2N4O3/c1-2-3-5-21-22(6-4-7-23(21)27(31)35)24-16-26-32-15-14-25(34(26)33-24)19-10-12-20(13-11-19)37-28(29,30)36-17-18-8-9-18/h4,6-7,10-16,18H,2-3,5,8-9,17H2,1H3,(H2,31,35). The van der Waals surface area contributed by atoms with E-state index < -0.39 is 12.2 Å². The second-order valence-corrected chi connectivity index (χ2v) is 9.27. The second kappa shape index (κ2) is 10.3. The van der Waals surface area contributed by atoms with Crippen LogP contribution in [0.5, 0.6) is 5.75 Å². The first kappa shape index (κ1) is 24.8. The molecule has 2 aromatic carbocycles. The number of amides is 1. The van der Waals surface area contributed by atoms with Gasteiger partial charge in [0.05, 0.1) is 18.0 Å². The zero-order chi connectivity index (χ0) is 26.0. The number of primary amides is 1. The number of hydrogen-bond acceptors (Lipinski definition) is 5. The maximum absolute atomic E-state index is 14.0. The van der Waals surface area contributed by atoms with E-state index >= 15 is 0 Å². The molecule has 2 N–H and O–H groups in total. The molecule has 0 radical (unpaired) electrons. The number of nitrogens with zero attached hydrogens (tertiary/aromatic N) is 3. The average molecular weight is 507 g/mol. The van der Waals surface area contributed by atoms with E-state index in [1.807, 2.05) is 12.1 Å². The van der Waals surface area contributed by atoms with Gasteiger partial charge in [-0.15, -0.1) is 8.78 Å². The molecule has 192 valence electrons. The van der Waals surface area contributed by atoms with Crippen LogP contribution in [0, 0.1) is 5.92 Å². The Morgan fingerprint density at radius 3 is 2.65 bits per heavy atom. The normalized spacial score (nSPS) is 13.7. The van der Waals surface area contributed by atoms with Crippen molar-refractivity contribution >= 4 is 11.6 Å². The van der Waals surface area contributed by atoms with Crippen molar-refractivity contribution in [2.75, 3.05) is 6.61 Å². The fraction of sp³-hybridized carbons (Fsp3) is 0.321. The Morgan fingerprint density at radius 2 is 1.95 bits per heavy atom. The van der Waals surface area contributed by atoms with Crippen molar-refractivity contribution in [1.82, 2.24) is 14.6 Å². The first-order valence-corrected chi connectivity index (χ1v) is 12.4. The largest absolute Gasteiger partial charge is 0.535 e. The van der Waals surface area contributed by atoms with Crippen LogP contribution < -0.4 is 10.5 Å². The van der Waals surface area contributed by atoms with Gasteiger partial charge in [-0.3, -0.25) is 9.53 Å². The number of fused-ring (bicyclic) bond motifs is 1. The van der Waals surface area contributed by atoms with E-state index in [1.165, 1.54) is 12.1 Å². The molecule has 37 heavy (non-hydrogen) atoms. The van der Waals surface area contributed by atoms with E-state index in [2.05, 4.69) is 16.6 Å². The second-order valence-electron chi connectivity index (χ2n) is 9.27. The lowest BCUT2D eigenvalue weighted by atomic mass is 9.94. The van der Waals surface area contributed by atoms with Crippen LogP contribution in [0.1, 0.15) is 48.5 Å². The van der Waals surface area contributed by atoms with Crippen LogP contribution in [0.15, 0.2) is 60.8 Å². The maximum Gasteiger partial charge on any atom is 0.535 e. The molecular formula is C28H28F2N4O3. The van der Waals surface area contributed by atoms with Gasteiger partial charge in [-0.2, -0.15) is 5.10 Å². The number of benzene rings is 2. The summed E-state index contributed by atoms with van der Waals surface area (Å²) in [5.74, 6) is -0.271. The van der Waals surface area contributed by atoms with Crippen molar-refractivity contribution in [3.8, 4) is 28.3 Å². The van der Waals surface area contributed by atoms with Crippen molar-refractivity contribution in [2.24, 2.45) is 11.7 Å². The number of aromatic nitrogens is 3. The van der Waals surface area contributed by atoms with E-state index in [0.29, 0.717) is 23.3 Å². The zero-order valence-electron chi connectivity index (χ0n) is 20.5. The van der Waals surface area contributed by atoms with E-state index in [1.54, 1.807) is 41.0 Å². The molecule has 1 aliphatic rings. The maximum atomic E-state index is 14.0. The lowest BCUT2D eigenvalue weighted by molar-refractivity contribution is -0.354. The van der Waals surface area contributed by atoms with Gasteiger partial charge in [0.2, 0.25) is 5.91 Å². The Morgan fingerprint density at radius 1 is 1.16 bits per heavy atom. The minimum atomic E-state index is -3.68.